The van der Waals surface area contributed by atoms with Crippen molar-refractivity contribution in [1.29, 1.82) is 0 Å². The second-order valence-electron chi connectivity index (χ2n) is 6.26. The first-order valence-electron chi connectivity index (χ1n) is 5.80. The molecule has 0 heterocycles. The lowest BCUT2D eigenvalue weighted by Crippen LogP contribution is -2.32. The average Bonchev–Trinajstić information content (AvgIpc) is 2.81. The van der Waals surface area contributed by atoms with Gasteiger partial charge in [0.05, 0.1) is 6.61 Å². The van der Waals surface area contributed by atoms with Crippen LogP contribution in [-0.2, 0) is 0 Å². The van der Waals surface area contributed by atoms with Crippen molar-refractivity contribution in [3.8, 4) is 0 Å². The van der Waals surface area contributed by atoms with Crippen molar-refractivity contribution in [3.05, 3.63) is 0 Å². The monoisotopic (exact) mass is 197 g/mol. The molecule has 0 bridgehead atoms. The molecule has 0 aromatic heterocycles. The molecular formula is C12H23NO. The molecule has 0 aliphatic heterocycles. The lowest BCUT2D eigenvalue weighted by atomic mass is 9.69. The minimum absolute atomic E-state index is 0.101. The van der Waals surface area contributed by atoms with Gasteiger partial charge in [-0.2, -0.15) is 0 Å². The van der Waals surface area contributed by atoms with Crippen molar-refractivity contribution in [2.24, 2.45) is 22.0 Å². The van der Waals surface area contributed by atoms with Crippen molar-refractivity contribution in [1.82, 2.24) is 0 Å². The maximum Gasteiger partial charge on any atom is 0.0505 e. The topological polar surface area (TPSA) is 46.2 Å². The van der Waals surface area contributed by atoms with E-state index in [0.717, 1.165) is 0 Å². The van der Waals surface area contributed by atoms with E-state index < -0.39 is 0 Å². The predicted molar refractivity (Wildman–Crippen MR) is 57.9 cm³/mol. The fourth-order valence-corrected chi connectivity index (χ4v) is 3.29. The summed E-state index contributed by atoms with van der Waals surface area (Å²) in [6, 6.07) is 0. The van der Waals surface area contributed by atoms with Gasteiger partial charge in [0.1, 0.15) is 0 Å². The third-order valence-corrected chi connectivity index (χ3v) is 4.93. The van der Waals surface area contributed by atoms with E-state index in [1.165, 1.54) is 32.1 Å². The summed E-state index contributed by atoms with van der Waals surface area (Å²) >= 11 is 0. The molecule has 2 rings (SSSR count). The van der Waals surface area contributed by atoms with E-state index in [0.29, 0.717) is 24.0 Å². The number of aliphatic hydroxyl groups excluding tert-OH is 1. The number of nitrogens with two attached hydrogens (primary N) is 1. The second kappa shape index (κ2) is 2.96. The molecule has 0 aromatic carbocycles. The lowest BCUT2D eigenvalue weighted by Gasteiger charge is -2.37. The maximum atomic E-state index is 9.42. The standard InChI is InChI=1S/C12H23NO/c1-10(2)3-5-11(6-4-10)7-12(11,8-13)9-14/h14H,3-9,13H2,1-2H3. The van der Waals surface area contributed by atoms with Gasteiger partial charge in [0, 0.05) is 12.0 Å². The first-order valence-corrected chi connectivity index (χ1v) is 5.80. The van der Waals surface area contributed by atoms with E-state index in [9.17, 15) is 5.11 Å². The van der Waals surface area contributed by atoms with Gasteiger partial charge >= 0.3 is 0 Å². The van der Waals surface area contributed by atoms with E-state index in [-0.39, 0.29) is 5.41 Å². The third-order valence-electron chi connectivity index (χ3n) is 4.93. The van der Waals surface area contributed by atoms with Crippen LogP contribution in [0.15, 0.2) is 0 Å². The fraction of sp³-hybridized carbons (Fsp3) is 1.00. The lowest BCUT2D eigenvalue weighted by molar-refractivity contribution is 0.109. The van der Waals surface area contributed by atoms with Crippen LogP contribution in [-0.4, -0.2) is 18.3 Å². The van der Waals surface area contributed by atoms with Crippen molar-refractivity contribution >= 4 is 0 Å². The van der Waals surface area contributed by atoms with E-state index >= 15 is 0 Å². The third kappa shape index (κ3) is 1.31. The summed E-state index contributed by atoms with van der Waals surface area (Å²) < 4.78 is 0. The molecule has 1 unspecified atom stereocenters. The van der Waals surface area contributed by atoms with Crippen molar-refractivity contribution in [3.63, 3.8) is 0 Å². The Hall–Kier alpha value is -0.0800. The molecule has 1 atom stereocenters. The number of rotatable bonds is 2. The summed E-state index contributed by atoms with van der Waals surface area (Å²) in [7, 11) is 0. The van der Waals surface area contributed by atoms with Crippen LogP contribution in [0.3, 0.4) is 0 Å². The summed E-state index contributed by atoms with van der Waals surface area (Å²) in [5.41, 5.74) is 6.83. The number of hydrogen-bond acceptors (Lipinski definition) is 2. The molecule has 1 spiro atoms. The molecule has 2 aliphatic carbocycles. The Bertz CT molecular complexity index is 220. The Morgan fingerprint density at radius 2 is 1.71 bits per heavy atom. The predicted octanol–water partition coefficient (Wildman–Crippen LogP) is 1.91. The maximum absolute atomic E-state index is 9.42. The Balaban J connectivity index is 2.03. The van der Waals surface area contributed by atoms with Gasteiger partial charge in [-0.15, -0.1) is 0 Å². The van der Waals surface area contributed by atoms with Crippen molar-refractivity contribution < 1.29 is 5.11 Å². The molecule has 2 saturated carbocycles. The SMILES string of the molecule is CC1(C)CCC2(CC1)CC2(CN)CO. The van der Waals surface area contributed by atoms with Crippen LogP contribution in [0.1, 0.15) is 46.0 Å². The van der Waals surface area contributed by atoms with Gasteiger partial charge in [0.25, 0.3) is 0 Å². The molecule has 2 heteroatoms. The molecular weight excluding hydrogens is 174 g/mol. The fourth-order valence-electron chi connectivity index (χ4n) is 3.29. The summed E-state index contributed by atoms with van der Waals surface area (Å²) in [5.74, 6) is 0. The molecule has 0 aromatic rings. The number of hydrogen-bond donors (Lipinski definition) is 2. The first-order chi connectivity index (χ1) is 6.49. The molecule has 0 saturated heterocycles. The van der Waals surface area contributed by atoms with Crippen LogP contribution in [0.4, 0.5) is 0 Å². The minimum Gasteiger partial charge on any atom is -0.396 e. The highest BCUT2D eigenvalue weighted by molar-refractivity contribution is 5.16. The van der Waals surface area contributed by atoms with Gasteiger partial charge in [-0.3, -0.25) is 0 Å². The Morgan fingerprint density at radius 3 is 2.07 bits per heavy atom. The summed E-state index contributed by atoms with van der Waals surface area (Å²) in [5, 5.41) is 9.42. The summed E-state index contributed by atoms with van der Waals surface area (Å²) in [6.45, 7) is 5.67. The second-order valence-corrected chi connectivity index (χ2v) is 6.26. The van der Waals surface area contributed by atoms with Crippen LogP contribution in [0.5, 0.6) is 0 Å². The molecule has 14 heavy (non-hydrogen) atoms. The summed E-state index contributed by atoms with van der Waals surface area (Å²) in [4.78, 5) is 0. The van der Waals surface area contributed by atoms with Crippen LogP contribution in [0.2, 0.25) is 0 Å². The molecule has 0 amide bonds. The van der Waals surface area contributed by atoms with Gasteiger partial charge in [-0.05, 0) is 42.9 Å². The van der Waals surface area contributed by atoms with E-state index in [2.05, 4.69) is 13.8 Å². The number of aliphatic hydroxyl groups is 1. The van der Waals surface area contributed by atoms with Crippen LogP contribution in [0, 0.1) is 16.2 Å². The smallest absolute Gasteiger partial charge is 0.0505 e. The van der Waals surface area contributed by atoms with E-state index in [4.69, 9.17) is 5.73 Å². The zero-order valence-corrected chi connectivity index (χ0v) is 9.47. The van der Waals surface area contributed by atoms with Gasteiger partial charge in [-0.25, -0.2) is 0 Å². The normalized spacial score (nSPS) is 38.6. The van der Waals surface area contributed by atoms with Crippen molar-refractivity contribution in [2.75, 3.05) is 13.2 Å². The highest BCUT2D eigenvalue weighted by atomic mass is 16.3. The van der Waals surface area contributed by atoms with Gasteiger partial charge < -0.3 is 10.8 Å². The minimum atomic E-state index is 0.101. The highest BCUT2D eigenvalue weighted by Crippen LogP contribution is 2.71. The van der Waals surface area contributed by atoms with Gasteiger partial charge in [0.2, 0.25) is 0 Å². The quantitative estimate of drug-likeness (QED) is 0.710. The molecule has 0 radical (unpaired) electrons. The van der Waals surface area contributed by atoms with Gasteiger partial charge in [-0.1, -0.05) is 13.8 Å². The largest absolute Gasteiger partial charge is 0.396 e. The van der Waals surface area contributed by atoms with Gasteiger partial charge in [0.15, 0.2) is 0 Å². The zero-order valence-electron chi connectivity index (χ0n) is 9.47. The highest BCUT2D eigenvalue weighted by Gasteiger charge is 2.66. The van der Waals surface area contributed by atoms with Crippen LogP contribution >= 0.6 is 0 Å². The van der Waals surface area contributed by atoms with E-state index in [1.807, 2.05) is 0 Å². The molecule has 2 fully saturated rings. The Labute approximate surface area is 86.9 Å². The Morgan fingerprint density at radius 1 is 1.14 bits per heavy atom. The Kier molecular flexibility index (Phi) is 2.20. The van der Waals surface area contributed by atoms with Crippen LogP contribution < -0.4 is 5.73 Å². The molecule has 2 aliphatic rings. The molecule has 3 N–H and O–H groups in total. The molecule has 82 valence electrons. The zero-order chi connectivity index (χ0) is 10.4. The van der Waals surface area contributed by atoms with E-state index in [1.54, 1.807) is 0 Å². The van der Waals surface area contributed by atoms with Crippen molar-refractivity contribution in [2.45, 2.75) is 46.0 Å². The summed E-state index contributed by atoms with van der Waals surface area (Å²) in [6.07, 6.45) is 6.32. The molecule has 2 nitrogen and oxygen atoms in total. The van der Waals surface area contributed by atoms with Crippen LogP contribution in [0.25, 0.3) is 0 Å². The average molecular weight is 197 g/mol. The first kappa shape index (κ1) is 10.4.